The average Bonchev–Trinajstić information content (AvgIpc) is 2.59. The van der Waals surface area contributed by atoms with Crippen LogP contribution in [0.25, 0.3) is 6.08 Å². The van der Waals surface area contributed by atoms with Crippen LogP contribution in [-0.4, -0.2) is 12.6 Å². The molecular formula is C14H17Cl2N. The van der Waals surface area contributed by atoms with Crippen molar-refractivity contribution in [3.8, 4) is 0 Å². The van der Waals surface area contributed by atoms with Gasteiger partial charge in [0.2, 0.25) is 0 Å². The molecule has 1 nitrogen and oxygen atoms in total. The van der Waals surface area contributed by atoms with E-state index in [-0.39, 0.29) is 0 Å². The molecule has 2 rings (SSSR count). The third-order valence-electron chi connectivity index (χ3n) is 3.09. The predicted molar refractivity (Wildman–Crippen MR) is 75.8 cm³/mol. The molecule has 0 aromatic heterocycles. The SMILES string of the molecule is Clc1cccc(/C=C/C2CCCCCN2)c1Cl. The van der Waals surface area contributed by atoms with Gasteiger partial charge in [-0.3, -0.25) is 0 Å². The smallest absolute Gasteiger partial charge is 0.0664 e. The van der Waals surface area contributed by atoms with Gasteiger partial charge in [0, 0.05) is 6.04 Å². The molecule has 17 heavy (non-hydrogen) atoms. The number of benzene rings is 1. The van der Waals surface area contributed by atoms with E-state index in [0.29, 0.717) is 16.1 Å². The Morgan fingerprint density at radius 3 is 2.94 bits per heavy atom. The highest BCUT2D eigenvalue weighted by molar-refractivity contribution is 6.42. The third-order valence-corrected chi connectivity index (χ3v) is 3.92. The largest absolute Gasteiger partial charge is 0.311 e. The quantitative estimate of drug-likeness (QED) is 0.832. The first-order valence-electron chi connectivity index (χ1n) is 6.13. The summed E-state index contributed by atoms with van der Waals surface area (Å²) in [6.07, 6.45) is 9.37. The van der Waals surface area contributed by atoms with Crippen LogP contribution < -0.4 is 5.32 Å². The van der Waals surface area contributed by atoms with Gasteiger partial charge in [0.15, 0.2) is 0 Å². The number of rotatable bonds is 2. The van der Waals surface area contributed by atoms with Gasteiger partial charge in [-0.2, -0.15) is 0 Å². The second kappa shape index (κ2) is 6.44. The van der Waals surface area contributed by atoms with Crippen LogP contribution in [0.4, 0.5) is 0 Å². The van der Waals surface area contributed by atoms with E-state index in [1.54, 1.807) is 0 Å². The van der Waals surface area contributed by atoms with Crippen molar-refractivity contribution in [3.05, 3.63) is 39.9 Å². The molecule has 92 valence electrons. The van der Waals surface area contributed by atoms with Crippen molar-refractivity contribution in [2.75, 3.05) is 6.54 Å². The number of hydrogen-bond donors (Lipinski definition) is 1. The minimum atomic E-state index is 0.465. The maximum Gasteiger partial charge on any atom is 0.0664 e. The van der Waals surface area contributed by atoms with E-state index in [1.165, 1.54) is 25.7 Å². The molecule has 1 N–H and O–H groups in total. The fourth-order valence-electron chi connectivity index (χ4n) is 2.09. The van der Waals surface area contributed by atoms with Crippen molar-refractivity contribution >= 4 is 29.3 Å². The first kappa shape index (κ1) is 12.9. The third kappa shape index (κ3) is 3.74. The van der Waals surface area contributed by atoms with Gasteiger partial charge in [-0.15, -0.1) is 0 Å². The molecule has 3 heteroatoms. The molecule has 1 aliphatic rings. The Balaban J connectivity index is 2.06. The van der Waals surface area contributed by atoms with Crippen LogP contribution in [0, 0.1) is 0 Å². The Labute approximate surface area is 113 Å². The van der Waals surface area contributed by atoms with Crippen molar-refractivity contribution in [1.82, 2.24) is 5.32 Å². The number of hydrogen-bond acceptors (Lipinski definition) is 1. The summed E-state index contributed by atoms with van der Waals surface area (Å²) in [4.78, 5) is 0. The number of halogens is 2. The van der Waals surface area contributed by atoms with Crippen LogP contribution in [0.3, 0.4) is 0 Å². The molecule has 1 heterocycles. The Kier molecular flexibility index (Phi) is 4.90. The standard InChI is InChI=1S/C14H17Cl2N/c15-13-7-4-5-11(14(13)16)8-9-12-6-2-1-3-10-17-12/h4-5,7-9,12,17H,1-3,6,10H2/b9-8+. The Morgan fingerprint density at radius 2 is 2.06 bits per heavy atom. The molecule has 0 saturated carbocycles. The zero-order valence-electron chi connectivity index (χ0n) is 9.76. The average molecular weight is 270 g/mol. The van der Waals surface area contributed by atoms with Crippen molar-refractivity contribution in [3.63, 3.8) is 0 Å². The van der Waals surface area contributed by atoms with Crippen molar-refractivity contribution in [2.24, 2.45) is 0 Å². The monoisotopic (exact) mass is 269 g/mol. The molecule has 1 aliphatic heterocycles. The lowest BCUT2D eigenvalue weighted by Gasteiger charge is -2.10. The molecular weight excluding hydrogens is 253 g/mol. The fraction of sp³-hybridized carbons (Fsp3) is 0.429. The van der Waals surface area contributed by atoms with Crippen LogP contribution in [0.15, 0.2) is 24.3 Å². The van der Waals surface area contributed by atoms with Crippen molar-refractivity contribution < 1.29 is 0 Å². The van der Waals surface area contributed by atoms with E-state index in [0.717, 1.165) is 12.1 Å². The van der Waals surface area contributed by atoms with Crippen LogP contribution in [-0.2, 0) is 0 Å². The van der Waals surface area contributed by atoms with Gasteiger partial charge in [-0.05, 0) is 31.0 Å². The maximum absolute atomic E-state index is 6.14. The Morgan fingerprint density at radius 1 is 1.18 bits per heavy atom. The van der Waals surface area contributed by atoms with Gasteiger partial charge in [0.1, 0.15) is 0 Å². The van der Waals surface area contributed by atoms with Crippen LogP contribution in [0.1, 0.15) is 31.2 Å². The van der Waals surface area contributed by atoms with Crippen LogP contribution in [0.5, 0.6) is 0 Å². The first-order chi connectivity index (χ1) is 8.27. The second-order valence-electron chi connectivity index (χ2n) is 4.41. The fourth-order valence-corrected chi connectivity index (χ4v) is 2.46. The summed E-state index contributed by atoms with van der Waals surface area (Å²) < 4.78 is 0. The van der Waals surface area contributed by atoms with Crippen molar-refractivity contribution in [1.29, 1.82) is 0 Å². The predicted octanol–water partition coefficient (Wildman–Crippen LogP) is 4.54. The van der Waals surface area contributed by atoms with E-state index in [4.69, 9.17) is 23.2 Å². The summed E-state index contributed by atoms with van der Waals surface area (Å²) in [6, 6.07) is 6.19. The van der Waals surface area contributed by atoms with Gasteiger partial charge >= 0.3 is 0 Å². The van der Waals surface area contributed by atoms with Gasteiger partial charge in [-0.25, -0.2) is 0 Å². The molecule has 0 radical (unpaired) electrons. The molecule has 0 spiro atoms. The zero-order chi connectivity index (χ0) is 12.1. The maximum atomic E-state index is 6.14. The molecule has 1 saturated heterocycles. The van der Waals surface area contributed by atoms with E-state index < -0.39 is 0 Å². The van der Waals surface area contributed by atoms with Gasteiger partial charge in [0.25, 0.3) is 0 Å². The highest BCUT2D eigenvalue weighted by Crippen LogP contribution is 2.26. The second-order valence-corrected chi connectivity index (χ2v) is 5.20. The lowest BCUT2D eigenvalue weighted by molar-refractivity contribution is 0.599. The molecule has 0 bridgehead atoms. The molecule has 1 aromatic carbocycles. The van der Waals surface area contributed by atoms with E-state index in [1.807, 2.05) is 18.2 Å². The van der Waals surface area contributed by atoms with E-state index in [9.17, 15) is 0 Å². The molecule has 1 fully saturated rings. The minimum absolute atomic E-state index is 0.465. The Hall–Kier alpha value is -0.500. The van der Waals surface area contributed by atoms with E-state index >= 15 is 0 Å². The van der Waals surface area contributed by atoms with Gasteiger partial charge < -0.3 is 5.32 Å². The molecule has 1 atom stereocenters. The summed E-state index contributed by atoms with van der Waals surface area (Å²) >= 11 is 12.1. The highest BCUT2D eigenvalue weighted by Gasteiger charge is 2.08. The van der Waals surface area contributed by atoms with Crippen molar-refractivity contribution in [2.45, 2.75) is 31.7 Å². The van der Waals surface area contributed by atoms with E-state index in [2.05, 4.69) is 17.5 Å². The summed E-state index contributed by atoms with van der Waals surface area (Å²) in [5.41, 5.74) is 0.991. The first-order valence-corrected chi connectivity index (χ1v) is 6.88. The van der Waals surface area contributed by atoms with Gasteiger partial charge in [0.05, 0.1) is 10.0 Å². The summed E-state index contributed by atoms with van der Waals surface area (Å²) in [6.45, 7) is 1.11. The summed E-state index contributed by atoms with van der Waals surface area (Å²) in [7, 11) is 0. The van der Waals surface area contributed by atoms with Gasteiger partial charge in [-0.1, -0.05) is 60.3 Å². The summed E-state index contributed by atoms with van der Waals surface area (Å²) in [5, 5.41) is 4.77. The Bertz CT molecular complexity index is 393. The minimum Gasteiger partial charge on any atom is -0.311 e. The van der Waals surface area contributed by atoms with Crippen LogP contribution >= 0.6 is 23.2 Å². The van der Waals surface area contributed by atoms with Crippen LogP contribution in [0.2, 0.25) is 10.0 Å². The molecule has 0 aliphatic carbocycles. The lowest BCUT2D eigenvalue weighted by Crippen LogP contribution is -2.25. The molecule has 1 unspecified atom stereocenters. The topological polar surface area (TPSA) is 12.0 Å². The molecule has 0 amide bonds. The zero-order valence-corrected chi connectivity index (χ0v) is 11.3. The normalized spacial score (nSPS) is 21.6. The summed E-state index contributed by atoms with van der Waals surface area (Å²) in [5.74, 6) is 0. The molecule has 1 aromatic rings. The highest BCUT2D eigenvalue weighted by atomic mass is 35.5. The lowest BCUT2D eigenvalue weighted by atomic mass is 10.1. The number of nitrogens with one attached hydrogen (secondary N) is 1.